The molecule has 2 heterocycles. The van der Waals surface area contributed by atoms with Crippen molar-refractivity contribution in [1.29, 1.82) is 0 Å². The molecule has 2 aliphatic rings. The number of hydrogen-bond acceptors (Lipinski definition) is 16. The van der Waals surface area contributed by atoms with Crippen molar-refractivity contribution in [1.82, 2.24) is 15.4 Å². The summed E-state index contributed by atoms with van der Waals surface area (Å²) in [5.41, 5.74) is 6.25. The first-order valence-electron chi connectivity index (χ1n) is 18.4. The average Bonchev–Trinajstić information content (AvgIpc) is 3.82. The molecule has 0 aromatic heterocycles. The van der Waals surface area contributed by atoms with E-state index in [-0.39, 0.29) is 30.4 Å². The molecule has 16 nitrogen and oxygen atoms in total. The summed E-state index contributed by atoms with van der Waals surface area (Å²) in [5.74, 6) is 3.20. The number of carbonyl (C=O) groups is 3. The number of carbonyl (C=O) groups excluding carboxylic acids is 3. The maximum absolute atomic E-state index is 11.5. The molecule has 5 N–H and O–H groups in total. The molecule has 3 aromatic rings. The van der Waals surface area contributed by atoms with Gasteiger partial charge in [0.2, 0.25) is 0 Å². The van der Waals surface area contributed by atoms with Gasteiger partial charge in [-0.3, -0.25) is 9.59 Å². The van der Waals surface area contributed by atoms with E-state index in [4.69, 9.17) is 28.8 Å². The zero-order valence-electron chi connectivity index (χ0n) is 34.6. The molecule has 2 aliphatic heterocycles. The number of esters is 3. The van der Waals surface area contributed by atoms with Crippen LogP contribution in [-0.2, 0) is 52.9 Å². The molecule has 0 saturated heterocycles. The molecule has 2 unspecified atom stereocenters. The Morgan fingerprint density at radius 3 is 1.95 bits per heavy atom. The summed E-state index contributed by atoms with van der Waals surface area (Å²) in [6, 6.07) is 17.1. The molecule has 314 valence electrons. The molecule has 59 heavy (non-hydrogen) atoms. The number of nitrogens with zero attached hydrogens (tertiary/aromatic N) is 1. The van der Waals surface area contributed by atoms with Gasteiger partial charge in [0.25, 0.3) is 0 Å². The van der Waals surface area contributed by atoms with Crippen LogP contribution in [0.2, 0.25) is 13.6 Å². The molecular weight excluding hydrogens is 763 g/mol. The van der Waals surface area contributed by atoms with Gasteiger partial charge >= 0.3 is 60.9 Å². The summed E-state index contributed by atoms with van der Waals surface area (Å²) < 4.78 is 38.5. The topological polar surface area (TPSA) is 212 Å². The van der Waals surface area contributed by atoms with Gasteiger partial charge in [-0.05, 0) is 89.5 Å². The molecule has 0 aliphatic carbocycles. The predicted octanol–water partition coefficient (Wildman–Crippen LogP) is 3.04. The van der Waals surface area contributed by atoms with Crippen LogP contribution < -0.4 is 24.8 Å². The molecule has 0 spiro atoms. The van der Waals surface area contributed by atoms with Crippen molar-refractivity contribution in [3.8, 4) is 29.2 Å². The number of fused-ring (bicyclic) bond motifs is 2. The Morgan fingerprint density at radius 2 is 1.42 bits per heavy atom. The molecule has 19 heteroatoms. The second kappa shape index (κ2) is 26.4. The number of hydrogen-bond donors (Lipinski definition) is 5. The van der Waals surface area contributed by atoms with Gasteiger partial charge < -0.3 is 53.8 Å². The van der Waals surface area contributed by atoms with Crippen LogP contribution in [0.15, 0.2) is 60.7 Å². The van der Waals surface area contributed by atoms with Crippen molar-refractivity contribution < 1.29 is 62.7 Å². The number of benzene rings is 3. The number of aliphatic hydroxyl groups excluding tert-OH is 1. The first kappa shape index (κ1) is 49.5. The third-order valence-electron chi connectivity index (χ3n) is 9.05. The fraction of sp³-hybridized carbons (Fsp3) is 0.375. The summed E-state index contributed by atoms with van der Waals surface area (Å²) in [4.78, 5) is 35.7. The van der Waals surface area contributed by atoms with E-state index in [1.165, 1.54) is 39.1 Å². The zero-order chi connectivity index (χ0) is 43.9. The minimum absolute atomic E-state index is 0.0633. The van der Waals surface area contributed by atoms with Gasteiger partial charge in [-0.2, -0.15) is 0 Å². The monoisotopic (exact) mass is 815 g/mol. The average molecular weight is 815 g/mol. The fourth-order valence-electron chi connectivity index (χ4n) is 6.03. The molecule has 0 bridgehead atoms. The van der Waals surface area contributed by atoms with Crippen LogP contribution >= 0.6 is 0 Å². The molecular formula is C40H52B3N3O13. The zero-order valence-corrected chi connectivity index (χ0v) is 34.6. The van der Waals surface area contributed by atoms with Crippen LogP contribution in [0.4, 0.5) is 0 Å². The number of aliphatic hydroxyl groups is 1. The van der Waals surface area contributed by atoms with Gasteiger partial charge in [0, 0.05) is 37.8 Å². The van der Waals surface area contributed by atoms with E-state index in [9.17, 15) is 24.4 Å². The van der Waals surface area contributed by atoms with E-state index < -0.39 is 20.1 Å². The summed E-state index contributed by atoms with van der Waals surface area (Å²) >= 11 is 0. The normalized spacial score (nSPS) is 14.3. The van der Waals surface area contributed by atoms with E-state index >= 15 is 0 Å². The van der Waals surface area contributed by atoms with E-state index in [1.54, 1.807) is 46.9 Å². The summed E-state index contributed by atoms with van der Waals surface area (Å²) in [6.07, 6.45) is 5.03. The molecule has 0 fully saturated rings. The Labute approximate surface area is 346 Å². The van der Waals surface area contributed by atoms with Gasteiger partial charge in [0.05, 0.1) is 55.5 Å². The van der Waals surface area contributed by atoms with Gasteiger partial charge in [-0.15, -0.1) is 0 Å². The Bertz CT molecular complexity index is 1940. The molecule has 0 radical (unpaired) electrons. The van der Waals surface area contributed by atoms with Crippen LogP contribution in [0.5, 0.6) is 17.2 Å². The SMILES string of the molecule is COC(=O)/C=C/c1ccc(OC)cc1CNB(C)O.COC(=O)CC1NCc2cc(OC)ccc21.COC(=O)CC1c2ccc(OC)cc2CN1B(C)O.O=BC#CO. The van der Waals surface area contributed by atoms with E-state index in [0.717, 1.165) is 51.6 Å². The van der Waals surface area contributed by atoms with Crippen molar-refractivity contribution >= 4 is 45.2 Å². The second-order valence-electron chi connectivity index (χ2n) is 12.8. The third-order valence-corrected chi connectivity index (χ3v) is 9.05. The molecule has 5 rings (SSSR count). The summed E-state index contributed by atoms with van der Waals surface area (Å²) in [7, 11) is 8.06. The first-order valence-corrected chi connectivity index (χ1v) is 18.4. The van der Waals surface area contributed by atoms with E-state index in [2.05, 4.69) is 20.0 Å². The predicted molar refractivity (Wildman–Crippen MR) is 222 cm³/mol. The van der Waals surface area contributed by atoms with Crippen molar-refractivity contribution in [3.63, 3.8) is 0 Å². The Balaban J connectivity index is 0.000000289. The van der Waals surface area contributed by atoms with Gasteiger partial charge in [-0.25, -0.2) is 4.79 Å². The Morgan fingerprint density at radius 1 is 0.847 bits per heavy atom. The van der Waals surface area contributed by atoms with Crippen LogP contribution in [0.1, 0.15) is 58.3 Å². The van der Waals surface area contributed by atoms with E-state index in [0.29, 0.717) is 26.7 Å². The van der Waals surface area contributed by atoms with Gasteiger partial charge in [0.1, 0.15) is 17.2 Å². The third kappa shape index (κ3) is 16.3. The Hall–Kier alpha value is -5.64. The number of nitrogens with one attached hydrogen (secondary N) is 2. The van der Waals surface area contributed by atoms with Gasteiger partial charge in [-0.1, -0.05) is 18.2 Å². The van der Waals surface area contributed by atoms with Crippen LogP contribution in [0, 0.1) is 11.9 Å². The Kier molecular flexibility index (Phi) is 22.1. The van der Waals surface area contributed by atoms with E-state index in [1.807, 2.05) is 59.4 Å². The van der Waals surface area contributed by atoms with Crippen molar-refractivity contribution in [2.75, 3.05) is 42.7 Å². The first-order chi connectivity index (χ1) is 28.3. The molecule has 0 amide bonds. The van der Waals surface area contributed by atoms with Crippen molar-refractivity contribution in [2.24, 2.45) is 0 Å². The molecule has 2 atom stereocenters. The van der Waals surface area contributed by atoms with Gasteiger partial charge in [0.15, 0.2) is 0 Å². The molecule has 0 saturated carbocycles. The van der Waals surface area contributed by atoms with Crippen LogP contribution in [0.25, 0.3) is 6.08 Å². The maximum atomic E-state index is 11.5. The number of rotatable bonds is 13. The standard InChI is InChI=1S/2C13H18BNO4.C12H15NO3.C2HBO2/c1-14(17)15-8-9-6-10(18-2)4-5-11(9)12(15)7-13(16)19-3;1-14(17)15-9-11-8-12(18-2)6-4-10(11)5-7-13(16)19-3;1-15-9-3-4-10-8(5-9)7-13-11(10)6-12(14)16-2;4-2-1-3-5/h4-6,12,17H,7-8H2,1-3H3;4-8,15,17H,9H2,1-3H3;3-5,11,13H,6-7H2,1-2H3;4H/b;7-5+;;. The number of methoxy groups -OCH3 is 6. The summed E-state index contributed by atoms with van der Waals surface area (Å²) in [6.45, 7) is 5.19. The fourth-order valence-corrected chi connectivity index (χ4v) is 6.03. The van der Waals surface area contributed by atoms with Crippen molar-refractivity contribution in [3.05, 3.63) is 94.1 Å². The van der Waals surface area contributed by atoms with Crippen LogP contribution in [-0.4, -0.2) is 102 Å². The minimum atomic E-state index is -0.618. The second-order valence-corrected chi connectivity index (χ2v) is 12.8. The van der Waals surface area contributed by atoms with Crippen molar-refractivity contribution in [2.45, 2.75) is 58.2 Å². The van der Waals surface area contributed by atoms with Crippen LogP contribution in [0.3, 0.4) is 0 Å². The molecule has 3 aromatic carbocycles. The summed E-state index contributed by atoms with van der Waals surface area (Å²) in [5, 5.41) is 32.8. The quantitative estimate of drug-likeness (QED) is 0.0552. The number of ether oxygens (including phenoxy) is 6.